The Kier molecular flexibility index (Phi) is 6.26. The number of anilines is 1. The molecule has 6 nitrogen and oxygen atoms in total. The molecule has 2 aliphatic rings. The van der Waals surface area contributed by atoms with Crippen LogP contribution in [0.25, 0.3) is 0 Å². The minimum absolute atomic E-state index is 0.0866. The molecule has 0 bridgehead atoms. The molecule has 3 heterocycles. The van der Waals surface area contributed by atoms with E-state index in [2.05, 4.69) is 24.1 Å². The van der Waals surface area contributed by atoms with Gasteiger partial charge >= 0.3 is 0 Å². The smallest absolute Gasteiger partial charge is 0.255 e. The van der Waals surface area contributed by atoms with Crippen LogP contribution in [0.3, 0.4) is 0 Å². The van der Waals surface area contributed by atoms with Crippen LogP contribution in [0.4, 0.5) is 5.82 Å². The third-order valence-corrected chi connectivity index (χ3v) is 4.95. The summed E-state index contributed by atoms with van der Waals surface area (Å²) in [6.45, 7) is 8.09. The first kappa shape index (κ1) is 18.1. The van der Waals surface area contributed by atoms with Crippen LogP contribution < -0.4 is 5.32 Å². The van der Waals surface area contributed by atoms with Crippen molar-refractivity contribution in [1.82, 2.24) is 9.88 Å². The lowest BCUT2D eigenvalue weighted by Gasteiger charge is -2.30. The lowest BCUT2D eigenvalue weighted by Crippen LogP contribution is -2.37. The van der Waals surface area contributed by atoms with Crippen molar-refractivity contribution in [3.8, 4) is 0 Å². The summed E-state index contributed by atoms with van der Waals surface area (Å²) in [4.78, 5) is 18.8. The number of hydrogen-bond acceptors (Lipinski definition) is 5. The summed E-state index contributed by atoms with van der Waals surface area (Å²) in [7, 11) is 0. The lowest BCUT2D eigenvalue weighted by molar-refractivity contribution is 0.0395. The second kappa shape index (κ2) is 8.63. The number of carbonyl (C=O) groups excluding carboxylic acids is 1. The van der Waals surface area contributed by atoms with E-state index >= 15 is 0 Å². The van der Waals surface area contributed by atoms with Crippen molar-refractivity contribution in [2.24, 2.45) is 5.92 Å². The molecule has 0 saturated carbocycles. The number of likely N-dealkylation sites (tertiary alicyclic amines) is 1. The molecule has 2 fully saturated rings. The summed E-state index contributed by atoms with van der Waals surface area (Å²) in [5, 5.41) is 3.32. The minimum Gasteiger partial charge on any atom is -0.379 e. The fourth-order valence-corrected chi connectivity index (χ4v) is 3.22. The quantitative estimate of drug-likeness (QED) is 0.857. The lowest BCUT2D eigenvalue weighted by atomic mass is 9.99. The molecular formula is C19H29N3O3. The molecule has 0 spiro atoms. The second-order valence-electron chi connectivity index (χ2n) is 7.27. The summed E-state index contributed by atoms with van der Waals surface area (Å²) >= 11 is 0. The fourth-order valence-electron chi connectivity index (χ4n) is 3.22. The molecule has 0 aliphatic carbocycles. The average molecular weight is 347 g/mol. The number of ether oxygens (including phenoxy) is 2. The van der Waals surface area contributed by atoms with Gasteiger partial charge in [-0.25, -0.2) is 4.98 Å². The molecule has 6 heteroatoms. The van der Waals surface area contributed by atoms with Crippen molar-refractivity contribution in [2.75, 3.05) is 38.2 Å². The van der Waals surface area contributed by atoms with Crippen LogP contribution in [0.2, 0.25) is 0 Å². The van der Waals surface area contributed by atoms with Crippen molar-refractivity contribution in [3.05, 3.63) is 23.9 Å². The summed E-state index contributed by atoms with van der Waals surface area (Å²) in [6.07, 6.45) is 5.02. The maximum atomic E-state index is 12.5. The van der Waals surface area contributed by atoms with E-state index in [0.29, 0.717) is 24.7 Å². The van der Waals surface area contributed by atoms with Crippen molar-refractivity contribution in [3.63, 3.8) is 0 Å². The van der Waals surface area contributed by atoms with Gasteiger partial charge in [0.15, 0.2) is 0 Å². The molecule has 2 atom stereocenters. The SMILES string of the molecule is CC1CCN(C(=O)c2ccc(NC(C)COC3CCOC3)nc2)CC1. The standard InChI is InChI=1S/C19H29N3O3/c1-14-5-8-22(9-6-14)19(23)16-3-4-18(20-11-16)21-15(2)12-25-17-7-10-24-13-17/h3-4,11,14-15,17H,5-10,12-13H2,1-2H3,(H,20,21). The van der Waals surface area contributed by atoms with Crippen LogP contribution in [-0.2, 0) is 9.47 Å². The number of amides is 1. The first-order valence-electron chi connectivity index (χ1n) is 9.33. The van der Waals surface area contributed by atoms with Gasteiger partial charge in [0.2, 0.25) is 0 Å². The monoisotopic (exact) mass is 347 g/mol. The first-order chi connectivity index (χ1) is 12.1. The number of pyridine rings is 1. The first-order valence-corrected chi connectivity index (χ1v) is 9.33. The third kappa shape index (κ3) is 5.16. The summed E-state index contributed by atoms with van der Waals surface area (Å²) in [6, 6.07) is 3.88. The Morgan fingerprint density at radius 3 is 2.84 bits per heavy atom. The normalized spacial score (nSPS) is 22.8. The van der Waals surface area contributed by atoms with Gasteiger partial charge in [-0.3, -0.25) is 4.79 Å². The maximum Gasteiger partial charge on any atom is 0.255 e. The molecule has 2 unspecified atom stereocenters. The largest absolute Gasteiger partial charge is 0.379 e. The molecule has 1 amide bonds. The molecule has 0 radical (unpaired) electrons. The zero-order valence-corrected chi connectivity index (χ0v) is 15.2. The van der Waals surface area contributed by atoms with Crippen LogP contribution in [0.1, 0.15) is 43.5 Å². The van der Waals surface area contributed by atoms with E-state index in [4.69, 9.17) is 9.47 Å². The van der Waals surface area contributed by atoms with E-state index in [-0.39, 0.29) is 18.1 Å². The topological polar surface area (TPSA) is 63.7 Å². The number of carbonyl (C=O) groups is 1. The zero-order chi connectivity index (χ0) is 17.6. The van der Waals surface area contributed by atoms with Crippen molar-refractivity contribution in [1.29, 1.82) is 0 Å². The Morgan fingerprint density at radius 1 is 1.40 bits per heavy atom. The van der Waals surface area contributed by atoms with Gasteiger partial charge in [-0.15, -0.1) is 0 Å². The van der Waals surface area contributed by atoms with Gasteiger partial charge in [0.25, 0.3) is 5.91 Å². The number of aromatic nitrogens is 1. The summed E-state index contributed by atoms with van der Waals surface area (Å²) in [5.41, 5.74) is 0.659. The van der Waals surface area contributed by atoms with Crippen LogP contribution >= 0.6 is 0 Å². The van der Waals surface area contributed by atoms with Gasteiger partial charge in [-0.2, -0.15) is 0 Å². The van der Waals surface area contributed by atoms with E-state index < -0.39 is 0 Å². The van der Waals surface area contributed by atoms with Crippen LogP contribution in [0.15, 0.2) is 18.3 Å². The highest BCUT2D eigenvalue weighted by Gasteiger charge is 2.21. The maximum absolute atomic E-state index is 12.5. The average Bonchev–Trinajstić information content (AvgIpc) is 3.14. The number of nitrogens with zero attached hydrogens (tertiary/aromatic N) is 2. The Morgan fingerprint density at radius 2 is 2.20 bits per heavy atom. The van der Waals surface area contributed by atoms with E-state index in [1.165, 1.54) is 0 Å². The van der Waals surface area contributed by atoms with Crippen molar-refractivity contribution < 1.29 is 14.3 Å². The third-order valence-electron chi connectivity index (χ3n) is 4.95. The number of hydrogen-bond donors (Lipinski definition) is 1. The molecule has 1 N–H and O–H groups in total. The Balaban J connectivity index is 1.47. The second-order valence-corrected chi connectivity index (χ2v) is 7.27. The summed E-state index contributed by atoms with van der Waals surface area (Å²) < 4.78 is 11.1. The molecule has 25 heavy (non-hydrogen) atoms. The molecule has 138 valence electrons. The minimum atomic E-state index is 0.0866. The number of rotatable bonds is 6. The van der Waals surface area contributed by atoms with Gasteiger partial charge in [0, 0.05) is 31.9 Å². The van der Waals surface area contributed by atoms with E-state index in [1.54, 1.807) is 6.20 Å². The number of nitrogens with one attached hydrogen (secondary N) is 1. The highest BCUT2D eigenvalue weighted by atomic mass is 16.5. The Hall–Kier alpha value is -1.66. The fraction of sp³-hybridized carbons (Fsp3) is 0.684. The highest BCUT2D eigenvalue weighted by molar-refractivity contribution is 5.94. The molecule has 2 saturated heterocycles. The predicted octanol–water partition coefficient (Wildman–Crippen LogP) is 2.56. The van der Waals surface area contributed by atoms with Crippen molar-refractivity contribution in [2.45, 2.75) is 45.3 Å². The van der Waals surface area contributed by atoms with E-state index in [0.717, 1.165) is 44.8 Å². The zero-order valence-electron chi connectivity index (χ0n) is 15.2. The van der Waals surface area contributed by atoms with E-state index in [1.807, 2.05) is 17.0 Å². The molecule has 0 aromatic carbocycles. The van der Waals surface area contributed by atoms with Crippen LogP contribution in [0.5, 0.6) is 0 Å². The van der Waals surface area contributed by atoms with Crippen LogP contribution in [-0.4, -0.2) is 60.8 Å². The molecule has 3 rings (SSSR count). The molecule has 1 aromatic heterocycles. The van der Waals surface area contributed by atoms with E-state index in [9.17, 15) is 4.79 Å². The molecule has 1 aromatic rings. The Labute approximate surface area is 149 Å². The van der Waals surface area contributed by atoms with Gasteiger partial charge < -0.3 is 19.7 Å². The van der Waals surface area contributed by atoms with Crippen LogP contribution in [0, 0.1) is 5.92 Å². The summed E-state index contributed by atoms with van der Waals surface area (Å²) in [5.74, 6) is 1.57. The van der Waals surface area contributed by atoms with Gasteiger partial charge in [-0.1, -0.05) is 6.92 Å². The number of piperidine rings is 1. The van der Waals surface area contributed by atoms with Gasteiger partial charge in [0.05, 0.1) is 24.9 Å². The molecular weight excluding hydrogens is 318 g/mol. The predicted molar refractivity (Wildman–Crippen MR) is 96.8 cm³/mol. The van der Waals surface area contributed by atoms with Gasteiger partial charge in [-0.05, 0) is 44.2 Å². The van der Waals surface area contributed by atoms with Gasteiger partial charge in [0.1, 0.15) is 5.82 Å². The highest BCUT2D eigenvalue weighted by Crippen LogP contribution is 2.18. The van der Waals surface area contributed by atoms with Crippen molar-refractivity contribution >= 4 is 11.7 Å². The Bertz CT molecular complexity index is 550. The molecule has 2 aliphatic heterocycles.